The number of hydrogen-bond donors (Lipinski definition) is 0. The van der Waals surface area contributed by atoms with Crippen LogP contribution < -0.4 is 0 Å². The average molecular weight is 430 g/mol. The second kappa shape index (κ2) is 6.52. The topological polar surface area (TPSA) is 12.9 Å². The van der Waals surface area contributed by atoms with E-state index >= 15 is 0 Å². The van der Waals surface area contributed by atoms with Crippen molar-refractivity contribution in [1.29, 1.82) is 0 Å². The van der Waals surface area contributed by atoms with Gasteiger partial charge in [-0.15, -0.1) is 0 Å². The van der Waals surface area contributed by atoms with Crippen molar-refractivity contribution in [3.63, 3.8) is 0 Å². The number of hydrogen-bond acceptors (Lipinski definition) is 1. The van der Waals surface area contributed by atoms with E-state index in [9.17, 15) is 0 Å². The fourth-order valence-corrected chi connectivity index (χ4v) is 5.54. The fourth-order valence-electron chi connectivity index (χ4n) is 5.54. The van der Waals surface area contributed by atoms with E-state index in [2.05, 4.69) is 108 Å². The third kappa shape index (κ3) is 2.64. The lowest BCUT2D eigenvalue weighted by molar-refractivity contribution is 1.37. The van der Waals surface area contributed by atoms with Gasteiger partial charge >= 0.3 is 0 Å². The summed E-state index contributed by atoms with van der Waals surface area (Å²) in [4.78, 5) is 4.29. The molecule has 0 aliphatic heterocycles. The highest BCUT2D eigenvalue weighted by molar-refractivity contribution is 6.12. The highest BCUT2D eigenvalue weighted by Crippen LogP contribution is 2.34. The van der Waals surface area contributed by atoms with Crippen LogP contribution >= 0.6 is 0 Å². The Balaban J connectivity index is 1.40. The molecular weight excluding hydrogens is 410 g/mol. The van der Waals surface area contributed by atoms with E-state index in [1.807, 2.05) is 12.4 Å². The maximum atomic E-state index is 4.29. The summed E-state index contributed by atoms with van der Waals surface area (Å²) in [6.07, 6.45) is 3.80. The summed E-state index contributed by atoms with van der Waals surface area (Å²) in [7, 11) is 0. The molecule has 0 amide bonds. The number of pyridine rings is 1. The zero-order valence-corrected chi connectivity index (χ0v) is 18.4. The predicted octanol–water partition coefficient (Wildman–Crippen LogP) is 9.15. The van der Waals surface area contributed by atoms with Crippen molar-refractivity contribution in [3.8, 4) is 0 Å². The van der Waals surface area contributed by atoms with Crippen LogP contribution in [0.25, 0.3) is 75.4 Å². The van der Waals surface area contributed by atoms with Crippen molar-refractivity contribution in [2.75, 3.05) is 0 Å². The first-order valence-corrected chi connectivity index (χ1v) is 11.7. The van der Waals surface area contributed by atoms with Crippen LogP contribution in [0.2, 0.25) is 0 Å². The third-order valence-electron chi connectivity index (χ3n) is 7.28. The smallest absolute Gasteiger partial charge is 0.0346 e. The molecule has 0 saturated heterocycles. The molecular formula is C33H19N. The van der Waals surface area contributed by atoms with Crippen LogP contribution in [0.3, 0.4) is 0 Å². The van der Waals surface area contributed by atoms with Crippen LogP contribution in [0.1, 0.15) is 0 Å². The van der Waals surface area contributed by atoms with Gasteiger partial charge in [-0.05, 0) is 149 Å². The van der Waals surface area contributed by atoms with E-state index in [0.29, 0.717) is 0 Å². The molecule has 0 radical (unpaired) electrons. The SMILES string of the molecule is c1ccc2cc3cc4cc5cc6cc7cc8cnccc8cc7cc6cc5cc4cc3cc2c1. The van der Waals surface area contributed by atoms with Gasteiger partial charge in [0.05, 0.1) is 0 Å². The van der Waals surface area contributed by atoms with Crippen LogP contribution in [0.15, 0.2) is 116 Å². The molecule has 0 spiro atoms. The van der Waals surface area contributed by atoms with Crippen LogP contribution in [-0.4, -0.2) is 4.98 Å². The van der Waals surface area contributed by atoms with Crippen molar-refractivity contribution in [3.05, 3.63) is 116 Å². The summed E-state index contributed by atoms with van der Waals surface area (Å²) in [6, 6.07) is 38.5. The van der Waals surface area contributed by atoms with Crippen LogP contribution in [-0.2, 0) is 0 Å². The molecule has 0 atom stereocenters. The van der Waals surface area contributed by atoms with E-state index < -0.39 is 0 Å². The van der Waals surface area contributed by atoms with Gasteiger partial charge in [0.25, 0.3) is 0 Å². The highest BCUT2D eigenvalue weighted by Gasteiger charge is 2.07. The highest BCUT2D eigenvalue weighted by atomic mass is 14.6. The lowest BCUT2D eigenvalue weighted by atomic mass is 9.95. The van der Waals surface area contributed by atoms with Gasteiger partial charge in [-0.2, -0.15) is 0 Å². The number of nitrogens with zero attached hydrogens (tertiary/aromatic N) is 1. The molecule has 156 valence electrons. The molecule has 1 heteroatoms. The fraction of sp³-hybridized carbons (Fsp3) is 0. The molecule has 0 fully saturated rings. The van der Waals surface area contributed by atoms with E-state index in [1.165, 1.54) is 75.4 Å². The monoisotopic (exact) mass is 429 g/mol. The molecule has 0 aliphatic carbocycles. The Kier molecular flexibility index (Phi) is 3.45. The van der Waals surface area contributed by atoms with Crippen LogP contribution in [0, 0.1) is 0 Å². The Labute approximate surface area is 195 Å². The molecule has 1 heterocycles. The summed E-state index contributed by atoms with van der Waals surface area (Å²) >= 11 is 0. The van der Waals surface area contributed by atoms with E-state index in [1.54, 1.807) is 0 Å². The third-order valence-corrected chi connectivity index (χ3v) is 7.28. The van der Waals surface area contributed by atoms with Gasteiger partial charge in [0.2, 0.25) is 0 Å². The van der Waals surface area contributed by atoms with Gasteiger partial charge in [0.15, 0.2) is 0 Å². The molecule has 0 bridgehead atoms. The maximum absolute atomic E-state index is 4.29. The first kappa shape index (κ1) is 18.0. The largest absolute Gasteiger partial charge is 0.264 e. The lowest BCUT2D eigenvalue weighted by Gasteiger charge is -2.09. The molecule has 34 heavy (non-hydrogen) atoms. The van der Waals surface area contributed by atoms with Gasteiger partial charge < -0.3 is 0 Å². The minimum absolute atomic E-state index is 1.18. The quantitative estimate of drug-likeness (QED) is 0.219. The predicted molar refractivity (Wildman–Crippen MR) is 147 cm³/mol. The summed E-state index contributed by atoms with van der Waals surface area (Å²) in [6.45, 7) is 0. The van der Waals surface area contributed by atoms with Crippen LogP contribution in [0.4, 0.5) is 0 Å². The van der Waals surface area contributed by atoms with Gasteiger partial charge in [-0.25, -0.2) is 0 Å². The Morgan fingerprint density at radius 3 is 0.971 bits per heavy atom. The molecule has 0 unspecified atom stereocenters. The molecule has 8 rings (SSSR count). The second-order valence-corrected chi connectivity index (χ2v) is 9.42. The normalized spacial score (nSPS) is 12.1. The van der Waals surface area contributed by atoms with Crippen molar-refractivity contribution in [2.45, 2.75) is 0 Å². The summed E-state index contributed by atoms with van der Waals surface area (Å²) in [5, 5.41) is 17.8. The Bertz CT molecular complexity index is 1820. The molecule has 1 aromatic heterocycles. The van der Waals surface area contributed by atoms with E-state index in [4.69, 9.17) is 0 Å². The Hall–Kier alpha value is -4.49. The number of rotatable bonds is 0. The summed E-state index contributed by atoms with van der Waals surface area (Å²) in [5.41, 5.74) is 0. The van der Waals surface area contributed by atoms with E-state index in [-0.39, 0.29) is 0 Å². The maximum Gasteiger partial charge on any atom is 0.0346 e. The molecule has 0 N–H and O–H groups in total. The van der Waals surface area contributed by atoms with Crippen molar-refractivity contribution < 1.29 is 0 Å². The molecule has 7 aromatic carbocycles. The number of fused-ring (bicyclic) bond motifs is 7. The Morgan fingerprint density at radius 1 is 0.294 bits per heavy atom. The number of aromatic nitrogens is 1. The van der Waals surface area contributed by atoms with Crippen molar-refractivity contribution in [2.24, 2.45) is 0 Å². The number of benzene rings is 7. The first-order chi connectivity index (χ1) is 16.8. The minimum Gasteiger partial charge on any atom is -0.264 e. The molecule has 0 aliphatic rings. The standard InChI is InChI=1S/C33H19N/c1-2-4-21-8-24-11-27-14-30-16-31-17-32-18-33-19-34-6-5-22(33)9-25(32)12-28(31)15-29(30)13-26(27)10-23(24)7-20(21)3-1/h1-19H. The Morgan fingerprint density at radius 2 is 0.588 bits per heavy atom. The average Bonchev–Trinajstić information content (AvgIpc) is 2.86. The lowest BCUT2D eigenvalue weighted by Crippen LogP contribution is -1.83. The van der Waals surface area contributed by atoms with Gasteiger partial charge in [-0.3, -0.25) is 4.98 Å². The molecule has 0 saturated carbocycles. The van der Waals surface area contributed by atoms with Gasteiger partial charge in [0, 0.05) is 17.8 Å². The van der Waals surface area contributed by atoms with Crippen LogP contribution in [0.5, 0.6) is 0 Å². The zero-order valence-electron chi connectivity index (χ0n) is 18.4. The first-order valence-electron chi connectivity index (χ1n) is 11.7. The summed E-state index contributed by atoms with van der Waals surface area (Å²) < 4.78 is 0. The van der Waals surface area contributed by atoms with E-state index in [0.717, 1.165) is 0 Å². The second-order valence-electron chi connectivity index (χ2n) is 9.42. The van der Waals surface area contributed by atoms with Gasteiger partial charge in [-0.1, -0.05) is 24.3 Å². The molecule has 1 nitrogen and oxygen atoms in total. The summed E-state index contributed by atoms with van der Waals surface area (Å²) in [5.74, 6) is 0. The van der Waals surface area contributed by atoms with Crippen molar-refractivity contribution >= 4 is 75.4 Å². The van der Waals surface area contributed by atoms with Crippen molar-refractivity contribution in [1.82, 2.24) is 4.98 Å². The zero-order chi connectivity index (χ0) is 22.2. The van der Waals surface area contributed by atoms with Gasteiger partial charge in [0.1, 0.15) is 0 Å². The minimum atomic E-state index is 1.18. The molecule has 8 aromatic rings.